The van der Waals surface area contributed by atoms with E-state index in [9.17, 15) is 8.42 Å². The lowest BCUT2D eigenvalue weighted by Gasteiger charge is -2.10. The van der Waals surface area contributed by atoms with E-state index < -0.39 is 10.0 Å². The summed E-state index contributed by atoms with van der Waals surface area (Å²) in [6.07, 6.45) is 0. The highest BCUT2D eigenvalue weighted by atomic mass is 79.9. The number of nitrogens with one attached hydrogen (secondary N) is 1. The molecule has 0 heterocycles. The van der Waals surface area contributed by atoms with Gasteiger partial charge in [0.1, 0.15) is 0 Å². The monoisotopic (exact) mass is 368 g/mol. The van der Waals surface area contributed by atoms with Crippen molar-refractivity contribution in [3.8, 4) is 0 Å². The average molecular weight is 369 g/mol. The fourth-order valence-electron chi connectivity index (χ4n) is 1.94. The lowest BCUT2D eigenvalue weighted by atomic mass is 10.1. The summed E-state index contributed by atoms with van der Waals surface area (Å²) in [4.78, 5) is 0. The van der Waals surface area contributed by atoms with Crippen molar-refractivity contribution in [3.05, 3.63) is 63.6 Å². The van der Waals surface area contributed by atoms with Crippen LogP contribution in [0.1, 0.15) is 16.7 Å². The first-order chi connectivity index (χ1) is 9.89. The maximum absolute atomic E-state index is 12.2. The van der Waals surface area contributed by atoms with Gasteiger partial charge < -0.3 is 5.73 Å². The van der Waals surface area contributed by atoms with E-state index in [-0.39, 0.29) is 5.75 Å². The molecule has 0 atom stereocenters. The topological polar surface area (TPSA) is 72.2 Å². The van der Waals surface area contributed by atoms with Crippen molar-refractivity contribution in [2.75, 3.05) is 4.72 Å². The Morgan fingerprint density at radius 3 is 2.52 bits per heavy atom. The largest absolute Gasteiger partial charge is 0.326 e. The Kier molecular flexibility index (Phi) is 5.03. The molecular formula is C15H17BrN2O2S. The fraction of sp³-hybridized carbons (Fsp3) is 0.200. The first-order valence-electron chi connectivity index (χ1n) is 6.44. The molecule has 0 aliphatic rings. The lowest BCUT2D eigenvalue weighted by molar-refractivity contribution is 0.600. The summed E-state index contributed by atoms with van der Waals surface area (Å²) in [6, 6.07) is 12.6. The molecule has 0 aliphatic heterocycles. The van der Waals surface area contributed by atoms with Crippen LogP contribution >= 0.6 is 15.9 Å². The fourth-order valence-corrected chi connectivity index (χ4v) is 3.49. The maximum Gasteiger partial charge on any atom is 0.236 e. The molecule has 0 aromatic heterocycles. The summed E-state index contributed by atoms with van der Waals surface area (Å²) < 4.78 is 27.9. The number of aryl methyl sites for hydroxylation is 1. The summed E-state index contributed by atoms with van der Waals surface area (Å²) in [5.41, 5.74) is 8.80. The third-order valence-electron chi connectivity index (χ3n) is 3.03. The van der Waals surface area contributed by atoms with Gasteiger partial charge in [-0.25, -0.2) is 8.42 Å². The minimum atomic E-state index is -3.45. The summed E-state index contributed by atoms with van der Waals surface area (Å²) in [5.74, 6) is -0.0770. The van der Waals surface area contributed by atoms with Gasteiger partial charge in [0.15, 0.2) is 0 Å². The molecule has 2 aromatic rings. The quantitative estimate of drug-likeness (QED) is 0.851. The molecule has 0 aliphatic carbocycles. The van der Waals surface area contributed by atoms with E-state index in [1.807, 2.05) is 31.2 Å². The number of hydrogen-bond donors (Lipinski definition) is 2. The molecule has 2 aromatic carbocycles. The van der Waals surface area contributed by atoms with Gasteiger partial charge in [0.05, 0.1) is 5.75 Å². The zero-order chi connectivity index (χ0) is 15.5. The van der Waals surface area contributed by atoms with Crippen LogP contribution in [0.15, 0.2) is 46.9 Å². The van der Waals surface area contributed by atoms with Crippen LogP contribution in [0.2, 0.25) is 0 Å². The molecule has 0 radical (unpaired) electrons. The Morgan fingerprint density at radius 2 is 1.86 bits per heavy atom. The Labute approximate surface area is 133 Å². The van der Waals surface area contributed by atoms with E-state index in [0.29, 0.717) is 12.2 Å². The van der Waals surface area contributed by atoms with Crippen molar-refractivity contribution < 1.29 is 8.42 Å². The highest BCUT2D eigenvalue weighted by molar-refractivity contribution is 9.10. The number of halogens is 1. The molecule has 0 saturated carbocycles. The van der Waals surface area contributed by atoms with Crippen LogP contribution in [-0.4, -0.2) is 8.42 Å². The van der Waals surface area contributed by atoms with Crippen LogP contribution in [0.25, 0.3) is 0 Å². The van der Waals surface area contributed by atoms with E-state index in [1.54, 1.807) is 18.2 Å². The zero-order valence-corrected chi connectivity index (χ0v) is 14.0. The average Bonchev–Trinajstić information content (AvgIpc) is 2.42. The number of anilines is 1. The molecule has 0 unspecified atom stereocenters. The smallest absolute Gasteiger partial charge is 0.236 e. The van der Waals surface area contributed by atoms with E-state index in [1.165, 1.54) is 0 Å². The van der Waals surface area contributed by atoms with Gasteiger partial charge in [0.2, 0.25) is 10.0 Å². The Balaban J connectivity index is 2.16. The molecule has 0 spiro atoms. The van der Waals surface area contributed by atoms with Gasteiger partial charge in [-0.1, -0.05) is 46.3 Å². The predicted molar refractivity (Wildman–Crippen MR) is 89.5 cm³/mol. The summed E-state index contributed by atoms with van der Waals surface area (Å²) in [7, 11) is -3.45. The Morgan fingerprint density at radius 1 is 1.14 bits per heavy atom. The van der Waals surface area contributed by atoms with E-state index in [4.69, 9.17) is 5.73 Å². The lowest BCUT2D eigenvalue weighted by Crippen LogP contribution is -2.15. The van der Waals surface area contributed by atoms with Crippen LogP contribution in [0.3, 0.4) is 0 Å². The molecule has 0 fully saturated rings. The standard InChI is InChI=1S/C15H17BrN2O2S/c1-11-5-6-14(8-15(11)16)18-21(19,20)10-13-4-2-3-12(7-13)9-17/h2-8,18H,9-10,17H2,1H3. The van der Waals surface area contributed by atoms with Crippen molar-refractivity contribution in [1.82, 2.24) is 0 Å². The molecule has 3 N–H and O–H groups in total. The second-order valence-corrected chi connectivity index (χ2v) is 7.43. The van der Waals surface area contributed by atoms with Gasteiger partial charge in [0, 0.05) is 16.7 Å². The Bertz CT molecular complexity index is 745. The molecular weight excluding hydrogens is 352 g/mol. The second kappa shape index (κ2) is 6.60. The first kappa shape index (κ1) is 16.0. The highest BCUT2D eigenvalue weighted by Crippen LogP contribution is 2.22. The molecule has 21 heavy (non-hydrogen) atoms. The van der Waals surface area contributed by atoms with Gasteiger partial charge in [0.25, 0.3) is 0 Å². The number of nitrogens with two attached hydrogens (primary N) is 1. The summed E-state index contributed by atoms with van der Waals surface area (Å²) >= 11 is 3.39. The van der Waals surface area contributed by atoms with Crippen LogP contribution in [-0.2, 0) is 22.3 Å². The summed E-state index contributed by atoms with van der Waals surface area (Å²) in [6.45, 7) is 2.34. The highest BCUT2D eigenvalue weighted by Gasteiger charge is 2.12. The van der Waals surface area contributed by atoms with Gasteiger partial charge in [-0.15, -0.1) is 0 Å². The molecule has 4 nitrogen and oxygen atoms in total. The van der Waals surface area contributed by atoms with Gasteiger partial charge in [-0.05, 0) is 35.7 Å². The molecule has 6 heteroatoms. The van der Waals surface area contributed by atoms with Crippen molar-refractivity contribution >= 4 is 31.6 Å². The Hall–Kier alpha value is -1.37. The van der Waals surface area contributed by atoms with Crippen molar-refractivity contribution in [2.45, 2.75) is 19.2 Å². The zero-order valence-electron chi connectivity index (χ0n) is 11.6. The molecule has 0 amide bonds. The van der Waals surface area contributed by atoms with E-state index in [0.717, 1.165) is 21.2 Å². The summed E-state index contributed by atoms with van der Waals surface area (Å²) in [5, 5.41) is 0. The second-order valence-electron chi connectivity index (χ2n) is 4.85. The number of rotatable bonds is 5. The number of hydrogen-bond acceptors (Lipinski definition) is 3. The van der Waals surface area contributed by atoms with Gasteiger partial charge in [-0.3, -0.25) is 4.72 Å². The third kappa shape index (κ3) is 4.56. The van der Waals surface area contributed by atoms with Gasteiger partial charge >= 0.3 is 0 Å². The van der Waals surface area contributed by atoms with Crippen molar-refractivity contribution in [3.63, 3.8) is 0 Å². The van der Waals surface area contributed by atoms with Crippen LogP contribution in [0.5, 0.6) is 0 Å². The maximum atomic E-state index is 12.2. The van der Waals surface area contributed by atoms with Crippen LogP contribution in [0, 0.1) is 6.92 Å². The third-order valence-corrected chi connectivity index (χ3v) is 5.14. The first-order valence-corrected chi connectivity index (χ1v) is 8.89. The molecule has 0 bridgehead atoms. The van der Waals surface area contributed by atoms with Crippen LogP contribution < -0.4 is 10.5 Å². The van der Waals surface area contributed by atoms with Crippen molar-refractivity contribution in [2.24, 2.45) is 5.73 Å². The number of benzene rings is 2. The van der Waals surface area contributed by atoms with E-state index in [2.05, 4.69) is 20.7 Å². The van der Waals surface area contributed by atoms with Crippen LogP contribution in [0.4, 0.5) is 5.69 Å². The number of sulfonamides is 1. The van der Waals surface area contributed by atoms with Gasteiger partial charge in [-0.2, -0.15) is 0 Å². The predicted octanol–water partition coefficient (Wildman–Crippen LogP) is 3.16. The SMILES string of the molecule is Cc1ccc(NS(=O)(=O)Cc2cccc(CN)c2)cc1Br. The van der Waals surface area contributed by atoms with E-state index >= 15 is 0 Å². The molecule has 112 valence electrons. The minimum absolute atomic E-state index is 0.0770. The van der Waals surface area contributed by atoms with Crippen molar-refractivity contribution in [1.29, 1.82) is 0 Å². The normalized spacial score (nSPS) is 11.4. The minimum Gasteiger partial charge on any atom is -0.326 e. The molecule has 2 rings (SSSR count). The molecule has 0 saturated heterocycles.